The van der Waals surface area contributed by atoms with Crippen molar-refractivity contribution in [2.75, 3.05) is 79.3 Å². The van der Waals surface area contributed by atoms with Crippen LogP contribution in [0.1, 0.15) is 54.4 Å². The van der Waals surface area contributed by atoms with E-state index in [0.29, 0.717) is 52.9 Å². The van der Waals surface area contributed by atoms with E-state index in [1.165, 1.54) is 0 Å². The lowest BCUT2D eigenvalue weighted by atomic mass is 9.89. The van der Waals surface area contributed by atoms with Crippen LogP contribution in [0.2, 0.25) is 0 Å². The molecule has 0 aliphatic heterocycles. The Hall–Kier alpha value is -1.92. The normalized spacial score (nSPS) is 11.8. The summed E-state index contributed by atoms with van der Waals surface area (Å²) in [6.07, 6.45) is -0.458. The van der Waals surface area contributed by atoms with E-state index in [1.54, 1.807) is 41.5 Å². The fourth-order valence-electron chi connectivity index (χ4n) is 2.31. The summed E-state index contributed by atoms with van der Waals surface area (Å²) in [4.78, 5) is 46.6. The van der Waals surface area contributed by atoms with E-state index in [4.69, 9.17) is 33.2 Å². The van der Waals surface area contributed by atoms with E-state index >= 15 is 0 Å². The van der Waals surface area contributed by atoms with Gasteiger partial charge in [0, 0.05) is 10.8 Å². The molecule has 0 unspecified atom stereocenters. The molecule has 0 saturated heterocycles. The topological polar surface area (TPSA) is 133 Å². The summed E-state index contributed by atoms with van der Waals surface area (Å²) >= 11 is 0. The molecular weight excluding hydrogens is 488 g/mol. The molecule has 0 radical (unpaired) electrons. The van der Waals surface area contributed by atoms with Gasteiger partial charge in [-0.2, -0.15) is 0 Å². The molecule has 0 amide bonds. The molecule has 0 aliphatic carbocycles. The Morgan fingerprint density at radius 1 is 0.405 bits per heavy atom. The van der Waals surface area contributed by atoms with Crippen molar-refractivity contribution in [3.8, 4) is 0 Å². The lowest BCUT2D eigenvalue weighted by Gasteiger charge is -2.15. The molecule has 0 rings (SSSR count). The van der Waals surface area contributed by atoms with Gasteiger partial charge in [-0.05, 0) is 0 Å². The van der Waals surface area contributed by atoms with E-state index in [0.717, 1.165) is 0 Å². The van der Waals surface area contributed by atoms with Crippen LogP contribution in [-0.2, 0) is 52.3 Å². The first kappa shape index (κ1) is 35.1. The Bertz CT molecular complexity index is 606. The van der Waals surface area contributed by atoms with Gasteiger partial charge in [-0.1, -0.05) is 41.5 Å². The second-order valence-electron chi connectivity index (χ2n) is 10.2. The summed E-state index contributed by atoms with van der Waals surface area (Å²) in [5.41, 5.74) is -1.12. The maximum atomic E-state index is 11.7. The molecule has 0 atom stereocenters. The fraction of sp³-hybridized carbons (Fsp3) is 0.846. The Balaban J connectivity index is 3.33. The van der Waals surface area contributed by atoms with Crippen molar-refractivity contribution in [3.05, 3.63) is 0 Å². The van der Waals surface area contributed by atoms with Crippen molar-refractivity contribution in [2.45, 2.75) is 54.4 Å². The van der Waals surface area contributed by atoms with Crippen LogP contribution in [0.3, 0.4) is 0 Å². The first-order valence-electron chi connectivity index (χ1n) is 12.6. The summed E-state index contributed by atoms with van der Waals surface area (Å²) in [5, 5.41) is 0. The standard InChI is InChI=1S/C26H46O11/c1-25(2,3)21(27)19-23(29)36-17-15-34-13-11-32-9-7-31-8-10-33-12-14-35-16-18-37-24(30)20-22(28)26(4,5)6/h7-20H2,1-6H3. The van der Waals surface area contributed by atoms with Crippen molar-refractivity contribution in [1.29, 1.82) is 0 Å². The summed E-state index contributed by atoms with van der Waals surface area (Å²) in [6.45, 7) is 14.4. The SMILES string of the molecule is CC(C)(C)C(=O)CC(=O)OCCOCCOCCOCCOCCOCCOC(=O)CC(=O)C(C)(C)C. The molecule has 0 fully saturated rings. The third-order valence-electron chi connectivity index (χ3n) is 4.75. The van der Waals surface area contributed by atoms with E-state index in [9.17, 15) is 19.2 Å². The van der Waals surface area contributed by atoms with E-state index < -0.39 is 22.8 Å². The summed E-state index contributed by atoms with van der Waals surface area (Å²) in [7, 11) is 0. The monoisotopic (exact) mass is 534 g/mol. The largest absolute Gasteiger partial charge is 0.463 e. The van der Waals surface area contributed by atoms with Crippen molar-refractivity contribution in [1.82, 2.24) is 0 Å². The van der Waals surface area contributed by atoms with Crippen LogP contribution in [-0.4, -0.2) is 103 Å². The summed E-state index contributed by atoms with van der Waals surface area (Å²) in [5.74, 6) is -1.40. The molecule has 0 aromatic rings. The lowest BCUT2D eigenvalue weighted by Crippen LogP contribution is -2.24. The van der Waals surface area contributed by atoms with Crippen molar-refractivity contribution in [2.24, 2.45) is 10.8 Å². The summed E-state index contributed by atoms with van der Waals surface area (Å²) in [6, 6.07) is 0. The number of hydrogen-bond donors (Lipinski definition) is 0. The van der Waals surface area contributed by atoms with Crippen LogP contribution < -0.4 is 0 Å². The fourth-order valence-corrected chi connectivity index (χ4v) is 2.31. The van der Waals surface area contributed by atoms with Crippen LogP contribution in [0.15, 0.2) is 0 Å². The highest BCUT2D eigenvalue weighted by molar-refractivity contribution is 5.98. The number of carbonyl (C=O) groups is 4. The van der Waals surface area contributed by atoms with Crippen molar-refractivity contribution in [3.63, 3.8) is 0 Å². The highest BCUT2D eigenvalue weighted by Crippen LogP contribution is 2.17. The molecular formula is C26H46O11. The van der Waals surface area contributed by atoms with Crippen LogP contribution in [0.4, 0.5) is 0 Å². The number of ketones is 2. The van der Waals surface area contributed by atoms with Crippen molar-refractivity contribution >= 4 is 23.5 Å². The van der Waals surface area contributed by atoms with Gasteiger partial charge in [0.1, 0.15) is 37.6 Å². The Morgan fingerprint density at radius 3 is 0.838 bits per heavy atom. The average molecular weight is 535 g/mol. The third kappa shape index (κ3) is 21.8. The molecule has 11 heteroatoms. The van der Waals surface area contributed by atoms with Gasteiger partial charge < -0.3 is 33.2 Å². The first-order chi connectivity index (χ1) is 17.3. The van der Waals surface area contributed by atoms with Gasteiger partial charge in [0.25, 0.3) is 0 Å². The zero-order chi connectivity index (χ0) is 28.2. The number of carbonyl (C=O) groups excluding carboxylic acids is 4. The average Bonchev–Trinajstić information content (AvgIpc) is 2.79. The van der Waals surface area contributed by atoms with Gasteiger partial charge in [-0.15, -0.1) is 0 Å². The molecule has 11 nitrogen and oxygen atoms in total. The lowest BCUT2D eigenvalue weighted by molar-refractivity contribution is -0.150. The quantitative estimate of drug-likeness (QED) is 0.115. The van der Waals surface area contributed by atoms with E-state index in [2.05, 4.69) is 0 Å². The minimum Gasteiger partial charge on any atom is -0.463 e. The highest BCUT2D eigenvalue weighted by atomic mass is 16.6. The van der Waals surface area contributed by atoms with E-state index in [-0.39, 0.29) is 50.8 Å². The summed E-state index contributed by atoms with van der Waals surface area (Å²) < 4.78 is 36.7. The molecule has 0 aromatic heterocycles. The molecule has 216 valence electrons. The maximum Gasteiger partial charge on any atom is 0.313 e. The minimum absolute atomic E-state index is 0.0949. The molecule has 0 aromatic carbocycles. The molecule has 0 N–H and O–H groups in total. The minimum atomic E-state index is -0.559. The second-order valence-corrected chi connectivity index (χ2v) is 10.2. The second kappa shape index (κ2) is 20.1. The van der Waals surface area contributed by atoms with Gasteiger partial charge in [-0.25, -0.2) is 0 Å². The predicted octanol–water partition coefficient (Wildman–Crippen LogP) is 2.17. The van der Waals surface area contributed by atoms with Gasteiger partial charge >= 0.3 is 11.9 Å². The molecule has 0 saturated carbocycles. The Labute approximate surface area is 220 Å². The number of rotatable bonds is 22. The third-order valence-corrected chi connectivity index (χ3v) is 4.75. The van der Waals surface area contributed by atoms with Gasteiger partial charge in [0.2, 0.25) is 0 Å². The molecule has 37 heavy (non-hydrogen) atoms. The van der Waals surface area contributed by atoms with Crippen LogP contribution in [0, 0.1) is 10.8 Å². The zero-order valence-electron chi connectivity index (χ0n) is 23.4. The zero-order valence-corrected chi connectivity index (χ0v) is 23.4. The van der Waals surface area contributed by atoms with Crippen LogP contribution in [0.25, 0.3) is 0 Å². The first-order valence-corrected chi connectivity index (χ1v) is 12.6. The molecule has 0 heterocycles. The molecule has 0 bridgehead atoms. The number of hydrogen-bond acceptors (Lipinski definition) is 11. The van der Waals surface area contributed by atoms with E-state index in [1.807, 2.05) is 0 Å². The van der Waals surface area contributed by atoms with Crippen molar-refractivity contribution < 1.29 is 52.3 Å². The Morgan fingerprint density at radius 2 is 0.622 bits per heavy atom. The Kier molecular flexibility index (Phi) is 19.1. The van der Waals surface area contributed by atoms with Gasteiger partial charge in [-0.3, -0.25) is 19.2 Å². The van der Waals surface area contributed by atoms with Crippen LogP contribution in [0.5, 0.6) is 0 Å². The predicted molar refractivity (Wildman–Crippen MR) is 134 cm³/mol. The molecule has 0 aliphatic rings. The van der Waals surface area contributed by atoms with Gasteiger partial charge in [0.15, 0.2) is 0 Å². The smallest absolute Gasteiger partial charge is 0.313 e. The number of esters is 2. The van der Waals surface area contributed by atoms with Gasteiger partial charge in [0.05, 0.1) is 66.1 Å². The molecule has 0 spiro atoms. The maximum absolute atomic E-state index is 11.7. The number of ether oxygens (including phenoxy) is 7. The number of Topliss-reactive ketones (excluding diaryl/α,β-unsaturated/α-hetero) is 2. The van der Waals surface area contributed by atoms with Crippen LogP contribution >= 0.6 is 0 Å². The highest BCUT2D eigenvalue weighted by Gasteiger charge is 2.25.